The Morgan fingerprint density at radius 2 is 1.90 bits per heavy atom. The minimum Gasteiger partial charge on any atom is -0.876 e. The largest absolute Gasteiger partial charge is 0.876 e. The summed E-state index contributed by atoms with van der Waals surface area (Å²) in [6.07, 6.45) is 1.28. The van der Waals surface area contributed by atoms with E-state index < -0.39 is 12.4 Å². The molecule has 2 aromatic rings. The summed E-state index contributed by atoms with van der Waals surface area (Å²) in [5, 5.41) is 27.8. The lowest BCUT2D eigenvalue weighted by molar-refractivity contribution is -0.300. The predicted molar refractivity (Wildman–Crippen MR) is 77.2 cm³/mol. The fourth-order valence-corrected chi connectivity index (χ4v) is 1.35. The molecule has 2 atom stereocenters. The molecule has 0 spiro atoms. The molecule has 0 aliphatic carbocycles. The Balaban J connectivity index is 0.000000491. The highest BCUT2D eigenvalue weighted by Gasteiger charge is 2.12. The molecular formula is C15H19N2O4-. The van der Waals surface area contributed by atoms with Gasteiger partial charge in [-0.25, -0.2) is 4.98 Å². The van der Waals surface area contributed by atoms with E-state index in [4.69, 9.17) is 9.84 Å². The Morgan fingerprint density at radius 1 is 1.33 bits per heavy atom. The monoisotopic (exact) mass is 291 g/mol. The molecule has 0 saturated heterocycles. The topological polar surface area (TPSA) is 101 Å². The molecule has 21 heavy (non-hydrogen) atoms. The molecule has 1 aromatic heterocycles. The van der Waals surface area contributed by atoms with Gasteiger partial charge in [0.15, 0.2) is 0 Å². The molecule has 2 unspecified atom stereocenters. The summed E-state index contributed by atoms with van der Waals surface area (Å²) >= 11 is 0. The number of hydrogen-bond acceptors (Lipinski definition) is 5. The molecule has 2 rings (SSSR count). The molecule has 0 saturated carbocycles. The number of aliphatic hydroxyl groups is 2. The summed E-state index contributed by atoms with van der Waals surface area (Å²) in [6, 6.07) is 7.07. The fourth-order valence-electron chi connectivity index (χ4n) is 1.35. The standard InChI is InChI=1S/C12H14N2O3.C3H6O/c1-8(15)12(16)17-10-4-2-9(3-5-10)11-13-6-7-14-11;1-3(2)4/h2-8,12,15-16H,1H3,(H,13,14);4H,1H2,2H3/p-1. The first-order valence-corrected chi connectivity index (χ1v) is 6.35. The average Bonchev–Trinajstić information content (AvgIpc) is 2.92. The van der Waals surface area contributed by atoms with Gasteiger partial charge in [0.2, 0.25) is 6.29 Å². The number of allylic oxidation sites excluding steroid dienone is 1. The third-order valence-corrected chi connectivity index (χ3v) is 2.30. The molecule has 0 aliphatic heterocycles. The summed E-state index contributed by atoms with van der Waals surface area (Å²) < 4.78 is 5.12. The zero-order valence-electron chi connectivity index (χ0n) is 12.0. The van der Waals surface area contributed by atoms with Crippen LogP contribution in [0.3, 0.4) is 0 Å². The molecule has 1 heterocycles. The van der Waals surface area contributed by atoms with Gasteiger partial charge in [0.25, 0.3) is 0 Å². The number of aromatic amines is 1. The molecule has 0 aliphatic rings. The van der Waals surface area contributed by atoms with E-state index in [0.717, 1.165) is 11.4 Å². The summed E-state index contributed by atoms with van der Waals surface area (Å²) in [5.74, 6) is 1.18. The number of aromatic nitrogens is 2. The van der Waals surface area contributed by atoms with Crippen LogP contribution in [0.2, 0.25) is 0 Å². The zero-order valence-corrected chi connectivity index (χ0v) is 12.0. The maximum Gasteiger partial charge on any atom is 0.223 e. The highest BCUT2D eigenvalue weighted by molar-refractivity contribution is 5.55. The normalized spacial score (nSPS) is 12.8. The molecule has 0 amide bonds. The highest BCUT2D eigenvalue weighted by Crippen LogP contribution is 2.19. The number of nitrogens with one attached hydrogen (secondary N) is 1. The quantitative estimate of drug-likeness (QED) is 0.577. The van der Waals surface area contributed by atoms with Crippen molar-refractivity contribution in [2.45, 2.75) is 26.2 Å². The van der Waals surface area contributed by atoms with Gasteiger partial charge in [-0.2, -0.15) is 0 Å². The van der Waals surface area contributed by atoms with Crippen molar-refractivity contribution < 1.29 is 20.1 Å². The van der Waals surface area contributed by atoms with Gasteiger partial charge >= 0.3 is 0 Å². The van der Waals surface area contributed by atoms with Gasteiger partial charge in [0, 0.05) is 18.0 Å². The van der Waals surface area contributed by atoms with E-state index in [1.165, 1.54) is 13.8 Å². The van der Waals surface area contributed by atoms with Crippen LogP contribution in [0.15, 0.2) is 49.0 Å². The third kappa shape index (κ3) is 6.11. The van der Waals surface area contributed by atoms with E-state index in [0.29, 0.717) is 5.75 Å². The minimum absolute atomic E-state index is 0.0833. The Bertz CT molecular complexity index is 531. The second-order valence-corrected chi connectivity index (χ2v) is 4.41. The van der Waals surface area contributed by atoms with Crippen LogP contribution < -0.4 is 9.84 Å². The van der Waals surface area contributed by atoms with E-state index in [-0.39, 0.29) is 5.76 Å². The first-order chi connectivity index (χ1) is 9.90. The van der Waals surface area contributed by atoms with Gasteiger partial charge in [-0.1, -0.05) is 6.92 Å². The number of nitrogens with zero attached hydrogens (tertiary/aromatic N) is 1. The smallest absolute Gasteiger partial charge is 0.223 e. The SMILES string of the molecule is C=C(C)[O-].CC(O)C(O)Oc1ccc(-c2ncc[nH]2)cc1. The van der Waals surface area contributed by atoms with E-state index in [1.54, 1.807) is 24.5 Å². The van der Waals surface area contributed by atoms with Crippen molar-refractivity contribution in [1.82, 2.24) is 9.97 Å². The second-order valence-electron chi connectivity index (χ2n) is 4.41. The number of ether oxygens (including phenoxy) is 1. The van der Waals surface area contributed by atoms with E-state index in [1.807, 2.05) is 12.1 Å². The number of rotatable bonds is 4. The third-order valence-electron chi connectivity index (χ3n) is 2.30. The van der Waals surface area contributed by atoms with Crippen LogP contribution in [0.5, 0.6) is 5.75 Å². The van der Waals surface area contributed by atoms with Crippen LogP contribution in [0.1, 0.15) is 13.8 Å². The number of benzene rings is 1. The van der Waals surface area contributed by atoms with Crippen molar-refractivity contribution in [3.8, 4) is 17.1 Å². The van der Waals surface area contributed by atoms with Crippen molar-refractivity contribution in [2.24, 2.45) is 0 Å². The fraction of sp³-hybridized carbons (Fsp3) is 0.267. The van der Waals surface area contributed by atoms with Crippen LogP contribution in [0.4, 0.5) is 0 Å². The van der Waals surface area contributed by atoms with Crippen molar-refractivity contribution >= 4 is 0 Å². The Labute approximate surface area is 123 Å². The van der Waals surface area contributed by atoms with Crippen LogP contribution in [0, 0.1) is 0 Å². The Kier molecular flexibility index (Phi) is 6.45. The van der Waals surface area contributed by atoms with Gasteiger partial charge < -0.3 is 25.0 Å². The van der Waals surface area contributed by atoms with Crippen LogP contribution >= 0.6 is 0 Å². The molecule has 6 heteroatoms. The first kappa shape index (κ1) is 16.7. The van der Waals surface area contributed by atoms with Gasteiger partial charge in [-0.3, -0.25) is 0 Å². The van der Waals surface area contributed by atoms with Gasteiger partial charge in [-0.05, 0) is 31.2 Å². The van der Waals surface area contributed by atoms with E-state index in [2.05, 4.69) is 16.5 Å². The van der Waals surface area contributed by atoms with Crippen molar-refractivity contribution in [2.75, 3.05) is 0 Å². The molecule has 0 fully saturated rings. The minimum atomic E-state index is -1.22. The lowest BCUT2D eigenvalue weighted by Crippen LogP contribution is -2.28. The number of hydrogen-bond donors (Lipinski definition) is 3. The van der Waals surface area contributed by atoms with Gasteiger partial charge in [-0.15, -0.1) is 12.3 Å². The van der Waals surface area contributed by atoms with Gasteiger partial charge in [0.1, 0.15) is 17.7 Å². The maximum atomic E-state index is 9.34. The maximum absolute atomic E-state index is 9.34. The van der Waals surface area contributed by atoms with Crippen LogP contribution in [-0.4, -0.2) is 32.6 Å². The highest BCUT2D eigenvalue weighted by atomic mass is 16.6. The van der Waals surface area contributed by atoms with E-state index in [9.17, 15) is 10.2 Å². The zero-order chi connectivity index (χ0) is 15.8. The second kappa shape index (κ2) is 8.08. The molecule has 1 aromatic carbocycles. The molecule has 0 bridgehead atoms. The van der Waals surface area contributed by atoms with Crippen LogP contribution in [0.25, 0.3) is 11.4 Å². The Morgan fingerprint density at radius 3 is 2.33 bits per heavy atom. The summed E-state index contributed by atoms with van der Waals surface area (Å²) in [6.45, 7) is 5.88. The molecule has 0 radical (unpaired) electrons. The molecule has 3 N–H and O–H groups in total. The first-order valence-electron chi connectivity index (χ1n) is 6.35. The number of H-pyrrole nitrogens is 1. The lowest BCUT2D eigenvalue weighted by atomic mass is 10.2. The van der Waals surface area contributed by atoms with Crippen molar-refractivity contribution in [3.63, 3.8) is 0 Å². The van der Waals surface area contributed by atoms with E-state index >= 15 is 0 Å². The summed E-state index contributed by atoms with van der Waals surface area (Å²) in [7, 11) is 0. The molecular weight excluding hydrogens is 272 g/mol. The van der Waals surface area contributed by atoms with Crippen molar-refractivity contribution in [3.05, 3.63) is 49.0 Å². The average molecular weight is 291 g/mol. The molecule has 6 nitrogen and oxygen atoms in total. The molecule has 114 valence electrons. The Hall–Kier alpha value is -2.31. The van der Waals surface area contributed by atoms with Gasteiger partial charge in [0.05, 0.1) is 0 Å². The summed E-state index contributed by atoms with van der Waals surface area (Å²) in [4.78, 5) is 7.11. The lowest BCUT2D eigenvalue weighted by Gasteiger charge is -2.15. The number of aliphatic hydroxyl groups excluding tert-OH is 2. The summed E-state index contributed by atoms with van der Waals surface area (Å²) in [5.41, 5.74) is 0.925. The van der Waals surface area contributed by atoms with Crippen molar-refractivity contribution in [1.29, 1.82) is 0 Å². The number of imidazole rings is 1. The van der Waals surface area contributed by atoms with Crippen LogP contribution in [-0.2, 0) is 0 Å². The predicted octanol–water partition coefficient (Wildman–Crippen LogP) is 1.03.